The number of rotatable bonds is 1. The molecule has 0 atom stereocenters. The molecule has 18 heavy (non-hydrogen) atoms. The number of benzene rings is 1. The van der Waals surface area contributed by atoms with E-state index in [0.717, 1.165) is 5.75 Å². The van der Waals surface area contributed by atoms with Gasteiger partial charge in [0.1, 0.15) is 5.58 Å². The Morgan fingerprint density at radius 3 is 2.94 bits per heavy atom. The van der Waals surface area contributed by atoms with Crippen LogP contribution in [-0.2, 0) is 0 Å². The number of carbonyl (C=O) groups is 1. The van der Waals surface area contributed by atoms with Gasteiger partial charge in [-0.3, -0.25) is 9.59 Å². The van der Waals surface area contributed by atoms with Crippen LogP contribution in [0.1, 0.15) is 10.6 Å². The number of thioether (sulfide) groups is 1. The maximum absolute atomic E-state index is 12.1. The Morgan fingerprint density at radius 2 is 2.17 bits per heavy atom. The molecule has 0 aliphatic carbocycles. The van der Waals surface area contributed by atoms with Crippen molar-refractivity contribution in [3.05, 3.63) is 46.3 Å². The molecule has 4 nitrogen and oxygen atoms in total. The lowest BCUT2D eigenvalue weighted by molar-refractivity contribution is 0.0772. The molecular formula is C13H11NO3S. The van der Waals surface area contributed by atoms with Gasteiger partial charge >= 0.3 is 0 Å². The van der Waals surface area contributed by atoms with Gasteiger partial charge < -0.3 is 9.32 Å². The van der Waals surface area contributed by atoms with Crippen LogP contribution in [0.3, 0.4) is 0 Å². The Morgan fingerprint density at radius 1 is 1.33 bits per heavy atom. The molecule has 1 saturated heterocycles. The van der Waals surface area contributed by atoms with Crippen LogP contribution in [0.4, 0.5) is 0 Å². The molecule has 0 N–H and O–H groups in total. The van der Waals surface area contributed by atoms with Crippen LogP contribution in [0.2, 0.25) is 0 Å². The molecule has 1 amide bonds. The predicted molar refractivity (Wildman–Crippen MR) is 70.8 cm³/mol. The van der Waals surface area contributed by atoms with Crippen molar-refractivity contribution in [2.75, 3.05) is 18.2 Å². The number of hydrogen-bond acceptors (Lipinski definition) is 4. The number of para-hydroxylation sites is 1. The van der Waals surface area contributed by atoms with Crippen molar-refractivity contribution in [1.82, 2.24) is 4.90 Å². The Labute approximate surface area is 108 Å². The Balaban J connectivity index is 2.07. The highest BCUT2D eigenvalue weighted by atomic mass is 32.2. The summed E-state index contributed by atoms with van der Waals surface area (Å²) in [5.74, 6) is 1.52. The summed E-state index contributed by atoms with van der Waals surface area (Å²) >= 11 is 1.70. The van der Waals surface area contributed by atoms with Gasteiger partial charge in [-0.05, 0) is 12.1 Å². The van der Waals surface area contributed by atoms with E-state index in [0.29, 0.717) is 23.4 Å². The minimum absolute atomic E-state index is 0.126. The largest absolute Gasteiger partial charge is 0.451 e. The molecule has 0 radical (unpaired) electrons. The number of carbonyl (C=O) groups excluding carboxylic acids is 1. The first-order valence-electron chi connectivity index (χ1n) is 5.65. The zero-order chi connectivity index (χ0) is 12.5. The fourth-order valence-corrected chi connectivity index (χ4v) is 2.88. The second-order valence-corrected chi connectivity index (χ2v) is 5.15. The standard InChI is InChI=1S/C13H11NO3S/c15-10-7-12(13(16)14-5-6-18-8-14)17-11-4-2-1-3-9(10)11/h1-4,7H,5-6,8H2. The minimum atomic E-state index is -0.206. The second-order valence-electron chi connectivity index (χ2n) is 4.08. The van der Waals surface area contributed by atoms with E-state index in [-0.39, 0.29) is 17.1 Å². The molecule has 92 valence electrons. The number of amides is 1. The molecule has 0 unspecified atom stereocenters. The van der Waals surface area contributed by atoms with Gasteiger partial charge in [0.05, 0.1) is 11.3 Å². The normalized spacial score (nSPS) is 15.2. The van der Waals surface area contributed by atoms with E-state index in [1.807, 2.05) is 0 Å². The molecule has 1 fully saturated rings. The second kappa shape index (κ2) is 4.49. The lowest BCUT2D eigenvalue weighted by Crippen LogP contribution is -2.28. The highest BCUT2D eigenvalue weighted by Crippen LogP contribution is 2.18. The van der Waals surface area contributed by atoms with E-state index in [1.54, 1.807) is 40.9 Å². The molecule has 1 aromatic carbocycles. The lowest BCUT2D eigenvalue weighted by atomic mass is 10.2. The quantitative estimate of drug-likeness (QED) is 0.787. The molecule has 2 heterocycles. The van der Waals surface area contributed by atoms with E-state index in [2.05, 4.69) is 0 Å². The first kappa shape index (κ1) is 11.3. The summed E-state index contributed by atoms with van der Waals surface area (Å²) in [6, 6.07) is 8.24. The van der Waals surface area contributed by atoms with E-state index >= 15 is 0 Å². The first-order valence-corrected chi connectivity index (χ1v) is 6.81. The first-order chi connectivity index (χ1) is 8.75. The van der Waals surface area contributed by atoms with Crippen molar-refractivity contribution in [2.24, 2.45) is 0 Å². The van der Waals surface area contributed by atoms with E-state index in [9.17, 15) is 9.59 Å². The summed E-state index contributed by atoms with van der Waals surface area (Å²) in [5, 5.41) is 0.504. The fraction of sp³-hybridized carbons (Fsp3) is 0.231. The van der Waals surface area contributed by atoms with E-state index in [1.165, 1.54) is 6.07 Å². The average molecular weight is 261 g/mol. The van der Waals surface area contributed by atoms with Gasteiger partial charge in [-0.25, -0.2) is 0 Å². The molecule has 0 saturated carbocycles. The van der Waals surface area contributed by atoms with Crippen molar-refractivity contribution < 1.29 is 9.21 Å². The van der Waals surface area contributed by atoms with Crippen molar-refractivity contribution >= 4 is 28.6 Å². The van der Waals surface area contributed by atoms with Crippen molar-refractivity contribution in [3.63, 3.8) is 0 Å². The highest BCUT2D eigenvalue weighted by molar-refractivity contribution is 7.99. The Kier molecular flexibility index (Phi) is 2.83. The third-order valence-electron chi connectivity index (χ3n) is 2.89. The van der Waals surface area contributed by atoms with Crippen LogP contribution in [0.15, 0.2) is 39.5 Å². The fourth-order valence-electron chi connectivity index (χ4n) is 1.94. The van der Waals surface area contributed by atoms with Gasteiger partial charge in [0, 0.05) is 18.4 Å². The average Bonchev–Trinajstić information content (AvgIpc) is 2.91. The van der Waals surface area contributed by atoms with Gasteiger partial charge in [0.25, 0.3) is 5.91 Å². The topological polar surface area (TPSA) is 50.5 Å². The molecule has 1 aromatic heterocycles. The van der Waals surface area contributed by atoms with Gasteiger partial charge in [-0.1, -0.05) is 12.1 Å². The predicted octanol–water partition coefficient (Wildman–Crippen LogP) is 1.94. The highest BCUT2D eigenvalue weighted by Gasteiger charge is 2.22. The summed E-state index contributed by atoms with van der Waals surface area (Å²) in [5.41, 5.74) is 0.284. The van der Waals surface area contributed by atoms with Crippen LogP contribution < -0.4 is 5.43 Å². The monoisotopic (exact) mass is 261 g/mol. The van der Waals surface area contributed by atoms with Crippen molar-refractivity contribution in [3.8, 4) is 0 Å². The maximum atomic E-state index is 12.1. The summed E-state index contributed by atoms with van der Waals surface area (Å²) < 4.78 is 5.52. The maximum Gasteiger partial charge on any atom is 0.290 e. The molecular weight excluding hydrogens is 250 g/mol. The van der Waals surface area contributed by atoms with Crippen LogP contribution in [0.5, 0.6) is 0 Å². The summed E-state index contributed by atoms with van der Waals surface area (Å²) in [7, 11) is 0. The van der Waals surface area contributed by atoms with Gasteiger partial charge in [-0.15, -0.1) is 11.8 Å². The van der Waals surface area contributed by atoms with Crippen LogP contribution in [0, 0.1) is 0 Å². The Hall–Kier alpha value is -1.75. The zero-order valence-electron chi connectivity index (χ0n) is 9.59. The summed E-state index contributed by atoms with van der Waals surface area (Å²) in [6.07, 6.45) is 0. The molecule has 1 aliphatic heterocycles. The summed E-state index contributed by atoms with van der Waals surface area (Å²) in [6.45, 7) is 0.708. The van der Waals surface area contributed by atoms with E-state index < -0.39 is 0 Å². The third kappa shape index (κ3) is 1.90. The number of fused-ring (bicyclic) bond motifs is 1. The number of nitrogens with zero attached hydrogens (tertiary/aromatic N) is 1. The molecule has 2 aromatic rings. The van der Waals surface area contributed by atoms with Crippen LogP contribution in [0.25, 0.3) is 11.0 Å². The zero-order valence-corrected chi connectivity index (χ0v) is 10.4. The van der Waals surface area contributed by atoms with Crippen LogP contribution in [-0.4, -0.2) is 29.0 Å². The smallest absolute Gasteiger partial charge is 0.290 e. The van der Waals surface area contributed by atoms with E-state index in [4.69, 9.17) is 4.42 Å². The van der Waals surface area contributed by atoms with Gasteiger partial charge in [0.2, 0.25) is 0 Å². The Bertz CT molecular complexity index is 659. The molecule has 0 bridgehead atoms. The van der Waals surface area contributed by atoms with Crippen molar-refractivity contribution in [1.29, 1.82) is 0 Å². The van der Waals surface area contributed by atoms with Gasteiger partial charge in [-0.2, -0.15) is 0 Å². The molecule has 0 spiro atoms. The van der Waals surface area contributed by atoms with Gasteiger partial charge in [0.15, 0.2) is 11.2 Å². The summed E-state index contributed by atoms with van der Waals surface area (Å²) in [4.78, 5) is 25.7. The third-order valence-corrected chi connectivity index (χ3v) is 3.85. The SMILES string of the molecule is O=C(c1cc(=O)c2ccccc2o1)N1CCSC1. The molecule has 1 aliphatic rings. The number of hydrogen-bond donors (Lipinski definition) is 0. The minimum Gasteiger partial charge on any atom is -0.451 e. The molecule has 3 rings (SSSR count). The van der Waals surface area contributed by atoms with Crippen LogP contribution >= 0.6 is 11.8 Å². The lowest BCUT2D eigenvalue weighted by Gasteiger charge is -2.13. The molecule has 5 heteroatoms. The van der Waals surface area contributed by atoms with Crippen molar-refractivity contribution in [2.45, 2.75) is 0 Å².